The Hall–Kier alpha value is -1.10. The molecule has 0 aromatic heterocycles. The minimum Gasteiger partial charge on any atom is -0.467 e. The predicted molar refractivity (Wildman–Crippen MR) is 68.7 cm³/mol. The van der Waals surface area contributed by atoms with Gasteiger partial charge in [0.25, 0.3) is 0 Å². The highest BCUT2D eigenvalue weighted by molar-refractivity contribution is 5.88. The van der Waals surface area contributed by atoms with Gasteiger partial charge in [0.05, 0.1) is 12.5 Å². The van der Waals surface area contributed by atoms with E-state index >= 15 is 0 Å². The van der Waals surface area contributed by atoms with Gasteiger partial charge in [-0.15, -0.1) is 0 Å². The maximum absolute atomic E-state index is 12.2. The molecule has 0 aromatic rings. The Morgan fingerprint density at radius 3 is 2.39 bits per heavy atom. The first-order valence-electron chi connectivity index (χ1n) is 6.59. The van der Waals surface area contributed by atoms with Crippen molar-refractivity contribution in [2.24, 2.45) is 17.1 Å². The zero-order valence-corrected chi connectivity index (χ0v) is 11.5. The smallest absolute Gasteiger partial charge is 0.328 e. The highest BCUT2D eigenvalue weighted by Crippen LogP contribution is 2.40. The molecule has 1 aliphatic rings. The molecule has 1 rings (SSSR count). The Kier molecular flexibility index (Phi) is 5.14. The molecule has 1 amide bonds. The molecule has 18 heavy (non-hydrogen) atoms. The summed E-state index contributed by atoms with van der Waals surface area (Å²) in [5, 5.41) is 2.82. The molecule has 0 bridgehead atoms. The predicted octanol–water partition coefficient (Wildman–Crippen LogP) is 0.819. The number of hydrogen-bond donors (Lipinski definition) is 2. The van der Waals surface area contributed by atoms with Gasteiger partial charge in [-0.25, -0.2) is 4.79 Å². The van der Waals surface area contributed by atoms with Crippen LogP contribution in [0.3, 0.4) is 0 Å². The maximum atomic E-state index is 12.2. The molecule has 5 nitrogen and oxygen atoms in total. The number of amides is 1. The van der Waals surface area contributed by atoms with Gasteiger partial charge in [0.15, 0.2) is 0 Å². The van der Waals surface area contributed by atoms with Gasteiger partial charge in [0.1, 0.15) is 6.04 Å². The third-order valence-electron chi connectivity index (χ3n) is 4.14. The fraction of sp³-hybridized carbons (Fsp3) is 0.846. The van der Waals surface area contributed by atoms with Gasteiger partial charge in [0, 0.05) is 6.54 Å². The van der Waals surface area contributed by atoms with Gasteiger partial charge in [0.2, 0.25) is 5.91 Å². The van der Waals surface area contributed by atoms with Gasteiger partial charge >= 0.3 is 5.97 Å². The molecule has 2 unspecified atom stereocenters. The molecular weight excluding hydrogens is 232 g/mol. The molecule has 0 saturated heterocycles. The lowest BCUT2D eigenvalue weighted by Gasteiger charge is -2.40. The van der Waals surface area contributed by atoms with Crippen LogP contribution in [0.25, 0.3) is 0 Å². The number of hydrogen-bond acceptors (Lipinski definition) is 4. The van der Waals surface area contributed by atoms with E-state index in [1.54, 1.807) is 0 Å². The Labute approximate surface area is 108 Å². The van der Waals surface area contributed by atoms with Gasteiger partial charge in [-0.3, -0.25) is 4.79 Å². The average molecular weight is 256 g/mol. The summed E-state index contributed by atoms with van der Waals surface area (Å²) in [6.45, 7) is 4.25. The van der Waals surface area contributed by atoms with Crippen molar-refractivity contribution in [3.05, 3.63) is 0 Å². The lowest BCUT2D eigenvalue weighted by Crippen LogP contribution is -2.56. The first kappa shape index (κ1) is 15.0. The summed E-state index contributed by atoms with van der Waals surface area (Å²) < 4.78 is 4.75. The molecule has 0 aliphatic heterocycles. The second-order valence-electron chi connectivity index (χ2n) is 5.20. The quantitative estimate of drug-likeness (QED) is 0.689. The van der Waals surface area contributed by atoms with Crippen LogP contribution in [0, 0.1) is 11.3 Å². The van der Waals surface area contributed by atoms with Gasteiger partial charge in [-0.05, 0) is 18.8 Å². The van der Waals surface area contributed by atoms with E-state index in [2.05, 4.69) is 5.32 Å². The molecular formula is C13H24N2O3. The zero-order valence-electron chi connectivity index (χ0n) is 11.5. The lowest BCUT2D eigenvalue weighted by molar-refractivity contribution is -0.149. The number of esters is 1. The van der Waals surface area contributed by atoms with Crippen molar-refractivity contribution >= 4 is 11.9 Å². The number of carbonyl (C=O) groups is 2. The van der Waals surface area contributed by atoms with E-state index in [1.807, 2.05) is 13.8 Å². The standard InChI is InChI=1S/C13H24N2O3/c1-4-9(2)10(11(16)18-3)15-12(17)13(8-14)6-5-7-13/h9-10H,4-8,14H2,1-3H3,(H,15,17). The van der Waals surface area contributed by atoms with Crippen molar-refractivity contribution in [1.82, 2.24) is 5.32 Å². The van der Waals surface area contributed by atoms with Crippen LogP contribution in [0.15, 0.2) is 0 Å². The van der Waals surface area contributed by atoms with Crippen LogP contribution in [0.4, 0.5) is 0 Å². The first-order valence-corrected chi connectivity index (χ1v) is 6.59. The van der Waals surface area contributed by atoms with Crippen LogP contribution in [0.5, 0.6) is 0 Å². The van der Waals surface area contributed by atoms with E-state index in [0.717, 1.165) is 25.7 Å². The normalized spacial score (nSPS) is 20.4. The minimum absolute atomic E-state index is 0.0521. The third kappa shape index (κ3) is 2.83. The van der Waals surface area contributed by atoms with E-state index in [0.29, 0.717) is 6.54 Å². The molecule has 3 N–H and O–H groups in total. The summed E-state index contributed by atoms with van der Waals surface area (Å²) in [7, 11) is 1.34. The highest BCUT2D eigenvalue weighted by atomic mass is 16.5. The van der Waals surface area contributed by atoms with Crippen molar-refractivity contribution in [2.75, 3.05) is 13.7 Å². The average Bonchev–Trinajstić information content (AvgIpc) is 2.33. The Bertz CT molecular complexity index is 308. The van der Waals surface area contributed by atoms with Gasteiger partial charge in [-0.1, -0.05) is 26.7 Å². The van der Waals surface area contributed by atoms with Crippen LogP contribution >= 0.6 is 0 Å². The monoisotopic (exact) mass is 256 g/mol. The SMILES string of the molecule is CCC(C)C(NC(=O)C1(CN)CCC1)C(=O)OC. The van der Waals surface area contributed by atoms with Crippen molar-refractivity contribution in [3.63, 3.8) is 0 Å². The van der Waals surface area contributed by atoms with Crippen LogP contribution in [0.1, 0.15) is 39.5 Å². The summed E-state index contributed by atoms with van der Waals surface area (Å²) >= 11 is 0. The van der Waals surface area contributed by atoms with E-state index in [4.69, 9.17) is 10.5 Å². The minimum atomic E-state index is -0.573. The molecule has 0 spiro atoms. The summed E-state index contributed by atoms with van der Waals surface area (Å²) in [6, 6.07) is -0.573. The molecule has 0 radical (unpaired) electrons. The first-order chi connectivity index (χ1) is 8.50. The van der Waals surface area contributed by atoms with Gasteiger partial charge in [-0.2, -0.15) is 0 Å². The largest absolute Gasteiger partial charge is 0.467 e. The zero-order chi connectivity index (χ0) is 13.8. The maximum Gasteiger partial charge on any atom is 0.328 e. The molecule has 104 valence electrons. The Morgan fingerprint density at radius 1 is 1.44 bits per heavy atom. The number of carbonyl (C=O) groups excluding carboxylic acids is 2. The van der Waals surface area contributed by atoms with E-state index in [-0.39, 0.29) is 17.8 Å². The van der Waals surface area contributed by atoms with Crippen molar-refractivity contribution in [2.45, 2.75) is 45.6 Å². The van der Waals surface area contributed by atoms with Crippen LogP contribution in [-0.2, 0) is 14.3 Å². The topological polar surface area (TPSA) is 81.4 Å². The molecule has 2 atom stereocenters. The Morgan fingerprint density at radius 2 is 2.06 bits per heavy atom. The highest BCUT2D eigenvalue weighted by Gasteiger charge is 2.44. The molecule has 1 aliphatic carbocycles. The fourth-order valence-electron chi connectivity index (χ4n) is 2.22. The molecule has 1 saturated carbocycles. The number of nitrogens with one attached hydrogen (secondary N) is 1. The number of ether oxygens (including phenoxy) is 1. The van der Waals surface area contributed by atoms with Gasteiger partial charge < -0.3 is 15.8 Å². The van der Waals surface area contributed by atoms with Crippen LogP contribution in [-0.4, -0.2) is 31.6 Å². The summed E-state index contributed by atoms with van der Waals surface area (Å²) in [6.07, 6.45) is 3.44. The van der Waals surface area contributed by atoms with Crippen LogP contribution in [0.2, 0.25) is 0 Å². The molecule has 1 fully saturated rings. The number of nitrogens with two attached hydrogens (primary N) is 1. The second kappa shape index (κ2) is 6.18. The molecule has 5 heteroatoms. The van der Waals surface area contributed by atoms with Crippen molar-refractivity contribution in [1.29, 1.82) is 0 Å². The molecule has 0 heterocycles. The van der Waals surface area contributed by atoms with E-state index in [9.17, 15) is 9.59 Å². The summed E-state index contributed by atoms with van der Waals surface area (Å²) in [5.74, 6) is -0.438. The summed E-state index contributed by atoms with van der Waals surface area (Å²) in [5.41, 5.74) is 5.23. The Balaban J connectivity index is 2.71. The number of methoxy groups -OCH3 is 1. The van der Waals surface area contributed by atoms with Crippen molar-refractivity contribution < 1.29 is 14.3 Å². The van der Waals surface area contributed by atoms with Crippen molar-refractivity contribution in [3.8, 4) is 0 Å². The fourth-order valence-corrected chi connectivity index (χ4v) is 2.22. The van der Waals surface area contributed by atoms with E-state index in [1.165, 1.54) is 7.11 Å². The molecule has 0 aromatic carbocycles. The third-order valence-corrected chi connectivity index (χ3v) is 4.14. The lowest BCUT2D eigenvalue weighted by atomic mass is 9.68. The summed E-state index contributed by atoms with van der Waals surface area (Å²) in [4.78, 5) is 23.9. The second-order valence-corrected chi connectivity index (χ2v) is 5.20. The van der Waals surface area contributed by atoms with E-state index < -0.39 is 11.5 Å². The number of rotatable bonds is 6. The van der Waals surface area contributed by atoms with Crippen LogP contribution < -0.4 is 11.1 Å².